The zero-order chi connectivity index (χ0) is 22.5. The third-order valence-corrected chi connectivity index (χ3v) is 5.89. The van der Waals surface area contributed by atoms with Crippen LogP contribution in [0.4, 0.5) is 4.39 Å². The first-order valence-corrected chi connectivity index (χ1v) is 11.0. The van der Waals surface area contributed by atoms with Gasteiger partial charge in [0.2, 0.25) is 0 Å². The van der Waals surface area contributed by atoms with Gasteiger partial charge in [0.25, 0.3) is 0 Å². The van der Waals surface area contributed by atoms with Gasteiger partial charge in [0.15, 0.2) is 0 Å². The number of aryl methyl sites for hydroxylation is 1. The average molecular weight is 435 g/mol. The second-order valence-electron chi connectivity index (χ2n) is 8.11. The van der Waals surface area contributed by atoms with Gasteiger partial charge in [0, 0.05) is 5.56 Å². The Balaban J connectivity index is 1.43. The maximum absolute atomic E-state index is 14.3. The van der Waals surface area contributed by atoms with Crippen LogP contribution in [0.2, 0.25) is 0 Å². The number of fused-ring (bicyclic) bond motifs is 1. The lowest BCUT2D eigenvalue weighted by molar-refractivity contribution is -0.137. The summed E-state index contributed by atoms with van der Waals surface area (Å²) in [4.78, 5) is 11.1. The van der Waals surface area contributed by atoms with Gasteiger partial charge in [0.1, 0.15) is 23.9 Å². The monoisotopic (exact) mass is 434 g/mol. The summed E-state index contributed by atoms with van der Waals surface area (Å²) in [7, 11) is 0. The molecule has 5 heteroatoms. The number of ether oxygens (including phenoxy) is 2. The smallest absolute Gasteiger partial charge is 0.303 e. The third-order valence-electron chi connectivity index (χ3n) is 5.89. The number of carbonyl (C=O) groups is 1. The predicted octanol–water partition coefficient (Wildman–Crippen LogP) is 6.37. The van der Waals surface area contributed by atoms with Crippen molar-refractivity contribution in [2.24, 2.45) is 0 Å². The molecule has 1 aliphatic rings. The van der Waals surface area contributed by atoms with E-state index < -0.39 is 5.97 Å². The van der Waals surface area contributed by atoms with Crippen LogP contribution in [-0.4, -0.2) is 17.7 Å². The molecule has 0 aromatic heterocycles. The van der Waals surface area contributed by atoms with Crippen molar-refractivity contribution >= 4 is 5.97 Å². The van der Waals surface area contributed by atoms with Crippen LogP contribution in [0, 0.1) is 5.82 Å². The Kier molecular flexibility index (Phi) is 6.74. The van der Waals surface area contributed by atoms with Gasteiger partial charge < -0.3 is 14.6 Å². The van der Waals surface area contributed by atoms with E-state index >= 15 is 0 Å². The highest BCUT2D eigenvalue weighted by atomic mass is 19.1. The lowest BCUT2D eigenvalue weighted by Crippen LogP contribution is -2.13. The van der Waals surface area contributed by atoms with Crippen LogP contribution in [0.25, 0.3) is 11.1 Å². The highest BCUT2D eigenvalue weighted by Gasteiger charge is 2.22. The fourth-order valence-corrected chi connectivity index (χ4v) is 4.33. The molecule has 0 saturated carbocycles. The molecule has 3 aromatic carbocycles. The molecule has 3 aromatic rings. The van der Waals surface area contributed by atoms with E-state index in [2.05, 4.69) is 0 Å². The Morgan fingerprint density at radius 1 is 1.03 bits per heavy atom. The molecule has 0 heterocycles. The maximum atomic E-state index is 14.3. The molecule has 0 aliphatic heterocycles. The normalized spacial score (nSPS) is 15.1. The largest absolute Gasteiger partial charge is 0.494 e. The van der Waals surface area contributed by atoms with Gasteiger partial charge in [-0.05, 0) is 84.7 Å². The molecule has 4 rings (SSSR count). The molecular formula is C27H27FO4. The van der Waals surface area contributed by atoms with E-state index in [4.69, 9.17) is 14.6 Å². The molecule has 32 heavy (non-hydrogen) atoms. The first-order chi connectivity index (χ1) is 15.5. The molecule has 0 amide bonds. The molecular weight excluding hydrogens is 407 g/mol. The molecule has 1 atom stereocenters. The fourth-order valence-electron chi connectivity index (χ4n) is 4.33. The van der Waals surface area contributed by atoms with Crippen molar-refractivity contribution in [2.45, 2.75) is 45.1 Å². The first kappa shape index (κ1) is 21.9. The van der Waals surface area contributed by atoms with Gasteiger partial charge in [-0.1, -0.05) is 30.3 Å². The van der Waals surface area contributed by atoms with Crippen molar-refractivity contribution in [1.29, 1.82) is 0 Å². The van der Waals surface area contributed by atoms with Crippen molar-refractivity contribution in [3.05, 3.63) is 83.2 Å². The zero-order valence-corrected chi connectivity index (χ0v) is 18.1. The third kappa shape index (κ3) is 5.10. The van der Waals surface area contributed by atoms with Gasteiger partial charge in [0.05, 0.1) is 13.0 Å². The standard InChI is InChI=1S/C27H27FO4/c1-2-31-23-11-13-26(28)25(16-23)19-8-6-18(7-9-19)17-32-22-10-12-24-20(14-22)4-3-5-21(24)15-27(29)30/h6-14,16,21H,2-5,15,17H2,1H3,(H,29,30)/t21-/m1/s1. The van der Waals surface area contributed by atoms with Crippen molar-refractivity contribution < 1.29 is 23.8 Å². The second kappa shape index (κ2) is 9.86. The molecule has 0 saturated heterocycles. The number of benzene rings is 3. The number of halogens is 1. The maximum Gasteiger partial charge on any atom is 0.303 e. The summed E-state index contributed by atoms with van der Waals surface area (Å²) in [5.74, 6) is 0.469. The lowest BCUT2D eigenvalue weighted by atomic mass is 9.81. The van der Waals surface area contributed by atoms with Crippen LogP contribution in [0.5, 0.6) is 11.5 Å². The minimum Gasteiger partial charge on any atom is -0.494 e. The second-order valence-corrected chi connectivity index (χ2v) is 8.11. The average Bonchev–Trinajstić information content (AvgIpc) is 2.79. The van der Waals surface area contributed by atoms with E-state index in [9.17, 15) is 9.18 Å². The van der Waals surface area contributed by atoms with Crippen LogP contribution in [0.3, 0.4) is 0 Å². The Hall–Kier alpha value is -3.34. The van der Waals surface area contributed by atoms with E-state index in [0.29, 0.717) is 24.5 Å². The summed E-state index contributed by atoms with van der Waals surface area (Å²) in [6.07, 6.45) is 3.04. The first-order valence-electron chi connectivity index (χ1n) is 11.0. The predicted molar refractivity (Wildman–Crippen MR) is 122 cm³/mol. The Bertz CT molecular complexity index is 1090. The summed E-state index contributed by atoms with van der Waals surface area (Å²) < 4.78 is 25.8. The van der Waals surface area contributed by atoms with Crippen LogP contribution in [0.1, 0.15) is 48.8 Å². The van der Waals surface area contributed by atoms with E-state index in [-0.39, 0.29) is 18.2 Å². The van der Waals surface area contributed by atoms with Gasteiger partial charge >= 0.3 is 5.97 Å². The minimum absolute atomic E-state index is 0.0828. The summed E-state index contributed by atoms with van der Waals surface area (Å²) in [6.45, 7) is 2.83. The number of hydrogen-bond donors (Lipinski definition) is 1. The lowest BCUT2D eigenvalue weighted by Gasteiger charge is -2.24. The topological polar surface area (TPSA) is 55.8 Å². The van der Waals surface area contributed by atoms with Gasteiger partial charge in [-0.3, -0.25) is 4.79 Å². The molecule has 166 valence electrons. The zero-order valence-electron chi connectivity index (χ0n) is 18.1. The highest BCUT2D eigenvalue weighted by molar-refractivity contribution is 5.68. The molecule has 0 spiro atoms. The van der Waals surface area contributed by atoms with Crippen LogP contribution in [-0.2, 0) is 17.8 Å². The van der Waals surface area contributed by atoms with E-state index in [1.807, 2.05) is 49.4 Å². The highest BCUT2D eigenvalue weighted by Crippen LogP contribution is 2.36. The quantitative estimate of drug-likeness (QED) is 0.448. The molecule has 0 fully saturated rings. The van der Waals surface area contributed by atoms with Gasteiger partial charge in [-0.15, -0.1) is 0 Å². The van der Waals surface area contributed by atoms with Gasteiger partial charge in [-0.2, -0.15) is 0 Å². The molecule has 0 radical (unpaired) electrons. The SMILES string of the molecule is CCOc1ccc(F)c(-c2ccc(COc3ccc4c(c3)CCC[C@@H]4CC(=O)O)cc2)c1. The van der Waals surface area contributed by atoms with Crippen LogP contribution in [0.15, 0.2) is 60.7 Å². The number of carboxylic acid groups (broad SMARTS) is 1. The Morgan fingerprint density at radius 3 is 2.53 bits per heavy atom. The fraction of sp³-hybridized carbons (Fsp3) is 0.296. The summed E-state index contributed by atoms with van der Waals surface area (Å²) in [5.41, 5.74) is 4.59. The van der Waals surface area contributed by atoms with E-state index in [0.717, 1.165) is 41.7 Å². The molecule has 1 aliphatic carbocycles. The minimum atomic E-state index is -0.754. The van der Waals surface area contributed by atoms with Crippen molar-refractivity contribution in [1.82, 2.24) is 0 Å². The molecule has 0 unspecified atom stereocenters. The Labute approximate surface area is 187 Å². The number of rotatable bonds is 8. The van der Waals surface area contributed by atoms with E-state index in [1.165, 1.54) is 11.6 Å². The van der Waals surface area contributed by atoms with Crippen molar-refractivity contribution in [3.63, 3.8) is 0 Å². The number of hydrogen-bond acceptors (Lipinski definition) is 3. The van der Waals surface area contributed by atoms with Crippen molar-refractivity contribution in [3.8, 4) is 22.6 Å². The van der Waals surface area contributed by atoms with Crippen molar-refractivity contribution in [2.75, 3.05) is 6.61 Å². The number of carboxylic acids is 1. The summed E-state index contributed by atoms with van der Waals surface area (Å²) in [5, 5.41) is 9.15. The van der Waals surface area contributed by atoms with Gasteiger partial charge in [-0.25, -0.2) is 4.39 Å². The summed E-state index contributed by atoms with van der Waals surface area (Å²) >= 11 is 0. The van der Waals surface area contributed by atoms with E-state index in [1.54, 1.807) is 12.1 Å². The Morgan fingerprint density at radius 2 is 1.78 bits per heavy atom. The van der Waals surface area contributed by atoms with Crippen LogP contribution < -0.4 is 9.47 Å². The number of aliphatic carboxylic acids is 1. The molecule has 1 N–H and O–H groups in total. The molecule has 4 nitrogen and oxygen atoms in total. The molecule has 0 bridgehead atoms. The summed E-state index contributed by atoms with van der Waals surface area (Å²) in [6, 6.07) is 18.4. The van der Waals surface area contributed by atoms with Crippen LogP contribution >= 0.6 is 0 Å².